The maximum atomic E-state index is 11.2. The number of benzene rings is 1. The summed E-state index contributed by atoms with van der Waals surface area (Å²) in [5.74, 6) is -0.308. The molecule has 0 spiro atoms. The predicted octanol–water partition coefficient (Wildman–Crippen LogP) is 1.91. The molecule has 1 rings (SSSR count). The molecule has 4 heteroatoms. The van der Waals surface area contributed by atoms with Crippen LogP contribution >= 0.6 is 12.4 Å². The van der Waals surface area contributed by atoms with E-state index in [-0.39, 0.29) is 18.4 Å². The number of methoxy groups -OCH3 is 1. The number of carbonyl (C=O) groups excluding carboxylic acids is 1. The number of halogens is 1. The molecule has 0 unspecified atom stereocenters. The van der Waals surface area contributed by atoms with Gasteiger partial charge in [0.1, 0.15) is 6.61 Å². The standard InChI is InChI=1S/C10H12O3.ClH/c1-12-7-8-13-10(11)9-5-3-2-4-6-9;/h2-6H,7-8H2,1H3;1H. The van der Waals surface area contributed by atoms with Gasteiger partial charge >= 0.3 is 5.97 Å². The van der Waals surface area contributed by atoms with E-state index < -0.39 is 0 Å². The minimum atomic E-state index is -0.308. The molecule has 1 aromatic carbocycles. The zero-order chi connectivity index (χ0) is 9.52. The van der Waals surface area contributed by atoms with Gasteiger partial charge in [-0.25, -0.2) is 4.79 Å². The van der Waals surface area contributed by atoms with Crippen molar-refractivity contribution in [3.63, 3.8) is 0 Å². The van der Waals surface area contributed by atoms with Gasteiger partial charge in [0.05, 0.1) is 12.2 Å². The largest absolute Gasteiger partial charge is 0.460 e. The lowest BCUT2D eigenvalue weighted by Crippen LogP contribution is -2.09. The quantitative estimate of drug-likeness (QED) is 0.570. The first-order valence-electron chi connectivity index (χ1n) is 4.05. The molecule has 0 N–H and O–H groups in total. The topological polar surface area (TPSA) is 35.5 Å². The average Bonchev–Trinajstić information content (AvgIpc) is 2.19. The van der Waals surface area contributed by atoms with Gasteiger partial charge in [-0.1, -0.05) is 18.2 Å². The number of ether oxygens (including phenoxy) is 2. The van der Waals surface area contributed by atoms with E-state index in [0.717, 1.165) is 0 Å². The highest BCUT2D eigenvalue weighted by Gasteiger charge is 2.04. The number of carbonyl (C=O) groups is 1. The van der Waals surface area contributed by atoms with E-state index in [1.165, 1.54) is 0 Å². The van der Waals surface area contributed by atoms with E-state index in [9.17, 15) is 4.79 Å². The van der Waals surface area contributed by atoms with Crippen LogP contribution in [0.15, 0.2) is 30.3 Å². The van der Waals surface area contributed by atoms with E-state index in [1.54, 1.807) is 31.4 Å². The van der Waals surface area contributed by atoms with Crippen molar-refractivity contribution in [2.45, 2.75) is 0 Å². The molecule has 0 aliphatic heterocycles. The van der Waals surface area contributed by atoms with E-state index in [1.807, 2.05) is 6.07 Å². The molecule has 0 heterocycles. The van der Waals surface area contributed by atoms with Gasteiger partial charge in [-0.2, -0.15) is 0 Å². The van der Waals surface area contributed by atoms with Crippen LogP contribution in [0.4, 0.5) is 0 Å². The van der Waals surface area contributed by atoms with Gasteiger partial charge < -0.3 is 9.47 Å². The molecule has 0 saturated carbocycles. The molecule has 3 nitrogen and oxygen atoms in total. The Hall–Kier alpha value is -1.06. The molecule has 0 bridgehead atoms. The van der Waals surface area contributed by atoms with Crippen LogP contribution in [0.5, 0.6) is 0 Å². The SMILES string of the molecule is COCCOC(=O)c1ccccc1.Cl. The molecular formula is C10H13ClO3. The van der Waals surface area contributed by atoms with Crippen molar-refractivity contribution in [2.75, 3.05) is 20.3 Å². The molecule has 0 saturated heterocycles. The van der Waals surface area contributed by atoms with Crippen LogP contribution in [-0.4, -0.2) is 26.3 Å². The second-order valence-corrected chi connectivity index (χ2v) is 2.49. The van der Waals surface area contributed by atoms with E-state index >= 15 is 0 Å². The Balaban J connectivity index is 0.00000169. The molecule has 0 fully saturated rings. The van der Waals surface area contributed by atoms with Gasteiger partial charge in [0.25, 0.3) is 0 Å². The lowest BCUT2D eigenvalue weighted by molar-refractivity contribution is 0.0388. The Labute approximate surface area is 89.4 Å². The van der Waals surface area contributed by atoms with Crippen molar-refractivity contribution >= 4 is 18.4 Å². The van der Waals surface area contributed by atoms with Gasteiger partial charge in [0.2, 0.25) is 0 Å². The molecular weight excluding hydrogens is 204 g/mol. The molecule has 1 aromatic rings. The first kappa shape index (κ1) is 12.9. The first-order valence-corrected chi connectivity index (χ1v) is 4.05. The molecule has 0 aromatic heterocycles. The summed E-state index contributed by atoms with van der Waals surface area (Å²) in [5.41, 5.74) is 0.568. The summed E-state index contributed by atoms with van der Waals surface area (Å²) < 4.78 is 9.66. The summed E-state index contributed by atoms with van der Waals surface area (Å²) in [6.07, 6.45) is 0. The third kappa shape index (κ3) is 4.25. The molecule has 0 atom stereocenters. The van der Waals surface area contributed by atoms with E-state index in [2.05, 4.69) is 0 Å². The molecule has 14 heavy (non-hydrogen) atoms. The zero-order valence-electron chi connectivity index (χ0n) is 7.93. The number of hydrogen-bond acceptors (Lipinski definition) is 3. The lowest BCUT2D eigenvalue weighted by Gasteiger charge is -2.02. The Morgan fingerprint density at radius 2 is 1.86 bits per heavy atom. The monoisotopic (exact) mass is 216 g/mol. The minimum Gasteiger partial charge on any atom is -0.460 e. The van der Waals surface area contributed by atoms with Crippen molar-refractivity contribution in [1.29, 1.82) is 0 Å². The maximum Gasteiger partial charge on any atom is 0.338 e. The summed E-state index contributed by atoms with van der Waals surface area (Å²) in [6.45, 7) is 0.725. The highest BCUT2D eigenvalue weighted by atomic mass is 35.5. The fourth-order valence-electron chi connectivity index (χ4n) is 0.875. The number of rotatable bonds is 4. The van der Waals surface area contributed by atoms with Crippen LogP contribution in [0.3, 0.4) is 0 Å². The zero-order valence-corrected chi connectivity index (χ0v) is 8.75. The van der Waals surface area contributed by atoms with Crippen LogP contribution in [-0.2, 0) is 9.47 Å². The summed E-state index contributed by atoms with van der Waals surface area (Å²) in [7, 11) is 1.57. The molecule has 0 aliphatic carbocycles. The van der Waals surface area contributed by atoms with Crippen LogP contribution in [0.2, 0.25) is 0 Å². The van der Waals surface area contributed by atoms with E-state index in [0.29, 0.717) is 18.8 Å². The minimum absolute atomic E-state index is 0. The summed E-state index contributed by atoms with van der Waals surface area (Å²) >= 11 is 0. The molecule has 0 amide bonds. The van der Waals surface area contributed by atoms with Gasteiger partial charge in [0, 0.05) is 7.11 Å². The van der Waals surface area contributed by atoms with Crippen LogP contribution in [0.1, 0.15) is 10.4 Å². The van der Waals surface area contributed by atoms with Crippen molar-refractivity contribution in [1.82, 2.24) is 0 Å². The van der Waals surface area contributed by atoms with Crippen LogP contribution in [0.25, 0.3) is 0 Å². The van der Waals surface area contributed by atoms with Gasteiger partial charge in [-0.15, -0.1) is 12.4 Å². The number of hydrogen-bond donors (Lipinski definition) is 0. The second kappa shape index (κ2) is 7.35. The maximum absolute atomic E-state index is 11.2. The van der Waals surface area contributed by atoms with Crippen molar-refractivity contribution < 1.29 is 14.3 Å². The third-order valence-corrected chi connectivity index (χ3v) is 1.53. The molecule has 0 aliphatic rings. The van der Waals surface area contributed by atoms with E-state index in [4.69, 9.17) is 9.47 Å². The smallest absolute Gasteiger partial charge is 0.338 e. The second-order valence-electron chi connectivity index (χ2n) is 2.49. The van der Waals surface area contributed by atoms with Gasteiger partial charge in [-0.05, 0) is 12.1 Å². The Bertz CT molecular complexity index is 261. The highest BCUT2D eigenvalue weighted by Crippen LogP contribution is 2.00. The Kier molecular flexibility index (Phi) is 6.80. The van der Waals surface area contributed by atoms with Crippen molar-refractivity contribution in [3.05, 3.63) is 35.9 Å². The van der Waals surface area contributed by atoms with Crippen molar-refractivity contribution in [2.24, 2.45) is 0 Å². The Morgan fingerprint density at radius 1 is 1.21 bits per heavy atom. The fourth-order valence-corrected chi connectivity index (χ4v) is 0.875. The Morgan fingerprint density at radius 3 is 2.43 bits per heavy atom. The van der Waals surface area contributed by atoms with Crippen LogP contribution < -0.4 is 0 Å². The summed E-state index contributed by atoms with van der Waals surface area (Å²) in [4.78, 5) is 11.2. The lowest BCUT2D eigenvalue weighted by atomic mass is 10.2. The normalized spacial score (nSPS) is 8.93. The van der Waals surface area contributed by atoms with Gasteiger partial charge in [0.15, 0.2) is 0 Å². The molecule has 0 radical (unpaired) electrons. The third-order valence-electron chi connectivity index (χ3n) is 1.53. The van der Waals surface area contributed by atoms with Crippen LogP contribution in [0, 0.1) is 0 Å². The highest BCUT2D eigenvalue weighted by molar-refractivity contribution is 5.89. The first-order chi connectivity index (χ1) is 6.34. The summed E-state index contributed by atoms with van der Waals surface area (Å²) in [6, 6.07) is 8.88. The number of esters is 1. The summed E-state index contributed by atoms with van der Waals surface area (Å²) in [5, 5.41) is 0. The average molecular weight is 217 g/mol. The predicted molar refractivity (Wildman–Crippen MR) is 55.8 cm³/mol. The van der Waals surface area contributed by atoms with Crippen molar-refractivity contribution in [3.8, 4) is 0 Å². The van der Waals surface area contributed by atoms with Gasteiger partial charge in [-0.3, -0.25) is 0 Å². The molecule has 78 valence electrons. The fraction of sp³-hybridized carbons (Fsp3) is 0.300.